The van der Waals surface area contributed by atoms with E-state index in [0.717, 1.165) is 0 Å². The molecule has 54 valence electrons. The van der Waals surface area contributed by atoms with Crippen LogP contribution in [0.4, 0.5) is 0 Å². The average molecular weight is 219 g/mol. The van der Waals surface area contributed by atoms with Gasteiger partial charge in [-0.2, -0.15) is 0 Å². The van der Waals surface area contributed by atoms with Gasteiger partial charge < -0.3 is 13.6 Å². The Hall–Kier alpha value is 0.1000. The van der Waals surface area contributed by atoms with Gasteiger partial charge in [-0.05, 0) is 0 Å². The second-order valence-electron chi connectivity index (χ2n) is 1.27. The molecule has 0 aliphatic rings. The summed E-state index contributed by atoms with van der Waals surface area (Å²) in [7, 11) is -4.24. The molecule has 2 N–H and O–H groups in total. The lowest BCUT2D eigenvalue weighted by atomic mass is 10.8. The highest BCUT2D eigenvalue weighted by Gasteiger charge is 2.19. The number of rotatable bonds is 2. The predicted molar refractivity (Wildman–Crippen MR) is 31.9 cm³/mol. The molecule has 0 aromatic heterocycles. The van der Waals surface area contributed by atoms with Crippen LogP contribution in [0.2, 0.25) is 0 Å². The third-order valence-electron chi connectivity index (χ3n) is 0.421. The maximum absolute atomic E-state index is 10.1. The summed E-state index contributed by atoms with van der Waals surface area (Å²) in [5.41, 5.74) is 0. The Kier molecular flexibility index (Phi) is 3.35. The number of hydrogen-bond acceptors (Lipinski definition) is 3. The first-order valence-corrected chi connectivity index (χ1v) is 4.26. The Labute approximate surface area is 59.6 Å². The Morgan fingerprint density at radius 2 is 2.11 bits per heavy atom. The topological polar surface area (TPSA) is 83.8 Å². The quantitative estimate of drug-likeness (QED) is 0.639. The molecular weight excluding hydrogens is 215 g/mol. The molecule has 0 aliphatic carbocycles. The highest BCUT2D eigenvalue weighted by molar-refractivity contribution is 9.06. The van der Waals surface area contributed by atoms with Crippen LogP contribution in [-0.4, -0.2) is 21.9 Å². The first-order chi connectivity index (χ1) is 3.95. The molecule has 0 bridgehead atoms. The fourth-order valence-corrected chi connectivity index (χ4v) is 0.885. The molecule has 0 heterocycles. The fraction of sp³-hybridized carbons (Fsp3) is 0.500. The SMILES string of the molecule is O=C(CP(=O)(O)O)OBr. The van der Waals surface area contributed by atoms with Crippen molar-refractivity contribution in [1.82, 2.24) is 0 Å². The summed E-state index contributed by atoms with van der Waals surface area (Å²) in [5, 5.41) is 0. The van der Waals surface area contributed by atoms with Crippen molar-refractivity contribution in [3.63, 3.8) is 0 Å². The van der Waals surface area contributed by atoms with Gasteiger partial charge in [0.05, 0.1) is 0 Å². The lowest BCUT2D eigenvalue weighted by Crippen LogP contribution is -2.03. The van der Waals surface area contributed by atoms with Crippen molar-refractivity contribution in [2.24, 2.45) is 0 Å². The van der Waals surface area contributed by atoms with E-state index in [-0.39, 0.29) is 0 Å². The Balaban J connectivity index is 3.75. The van der Waals surface area contributed by atoms with E-state index in [4.69, 9.17) is 9.79 Å². The van der Waals surface area contributed by atoms with Gasteiger partial charge in [-0.3, -0.25) is 9.36 Å². The lowest BCUT2D eigenvalue weighted by Gasteiger charge is -1.97. The first-order valence-electron chi connectivity index (χ1n) is 1.81. The van der Waals surface area contributed by atoms with Crippen LogP contribution in [0.5, 0.6) is 0 Å². The first kappa shape index (κ1) is 9.10. The molecule has 0 aliphatic heterocycles. The summed E-state index contributed by atoms with van der Waals surface area (Å²) in [6.07, 6.45) is -0.891. The Morgan fingerprint density at radius 1 is 1.67 bits per heavy atom. The molecule has 0 unspecified atom stereocenters. The van der Waals surface area contributed by atoms with E-state index in [9.17, 15) is 9.36 Å². The van der Waals surface area contributed by atoms with Crippen LogP contribution in [0.15, 0.2) is 0 Å². The van der Waals surface area contributed by atoms with Gasteiger partial charge in [-0.15, -0.1) is 0 Å². The van der Waals surface area contributed by atoms with Gasteiger partial charge in [0, 0.05) is 0 Å². The Bertz CT molecular complexity index is 149. The maximum atomic E-state index is 10.1. The van der Waals surface area contributed by atoms with Crippen LogP contribution >= 0.6 is 23.9 Å². The summed E-state index contributed by atoms with van der Waals surface area (Å²) in [5.74, 6) is -0.983. The summed E-state index contributed by atoms with van der Waals surface area (Å²) >= 11 is 2.27. The van der Waals surface area contributed by atoms with E-state index in [1.165, 1.54) is 0 Å². The maximum Gasteiger partial charge on any atom is 0.336 e. The number of hydrogen-bond donors (Lipinski definition) is 2. The minimum absolute atomic E-state index is 0.891. The van der Waals surface area contributed by atoms with E-state index in [0.29, 0.717) is 0 Å². The molecule has 0 spiro atoms. The Morgan fingerprint density at radius 3 is 2.22 bits per heavy atom. The molecule has 0 amide bonds. The average Bonchev–Trinajstić information content (AvgIpc) is 1.62. The third-order valence-corrected chi connectivity index (χ3v) is 1.45. The molecule has 0 fully saturated rings. The second-order valence-corrected chi connectivity index (χ2v) is 3.24. The van der Waals surface area contributed by atoms with Gasteiger partial charge in [0.25, 0.3) is 0 Å². The smallest absolute Gasteiger partial charge is 0.336 e. The van der Waals surface area contributed by atoms with Gasteiger partial charge in [0.1, 0.15) is 6.16 Å². The van der Waals surface area contributed by atoms with Crippen molar-refractivity contribution in [2.45, 2.75) is 0 Å². The van der Waals surface area contributed by atoms with Crippen molar-refractivity contribution >= 4 is 29.8 Å². The molecule has 0 aromatic rings. The summed E-state index contributed by atoms with van der Waals surface area (Å²) in [4.78, 5) is 26.3. The molecule has 7 heteroatoms. The van der Waals surface area contributed by atoms with Gasteiger partial charge in [0.2, 0.25) is 0 Å². The largest absolute Gasteiger partial charge is 0.383 e. The molecule has 0 radical (unpaired) electrons. The molecule has 5 nitrogen and oxygen atoms in total. The van der Waals surface area contributed by atoms with Crippen LogP contribution in [0.1, 0.15) is 0 Å². The monoisotopic (exact) mass is 218 g/mol. The zero-order valence-corrected chi connectivity index (χ0v) is 6.63. The standard InChI is InChI=1S/C2H4BrO5P/c3-8-2(4)1-9(5,6)7/h1H2,(H2,5,6,7). The zero-order valence-electron chi connectivity index (χ0n) is 4.15. The van der Waals surface area contributed by atoms with Crippen LogP contribution < -0.4 is 0 Å². The normalized spacial score (nSPS) is 11.0. The van der Waals surface area contributed by atoms with Gasteiger partial charge in [-0.1, -0.05) is 0 Å². The zero-order chi connectivity index (χ0) is 7.49. The summed E-state index contributed by atoms with van der Waals surface area (Å²) < 4.78 is 13.8. The fourth-order valence-electron chi connectivity index (χ4n) is 0.193. The minimum atomic E-state index is -4.24. The molecule has 0 rings (SSSR count). The van der Waals surface area contributed by atoms with Crippen molar-refractivity contribution in [3.05, 3.63) is 0 Å². The predicted octanol–water partition coefficient (Wildman–Crippen LogP) is 0.0172. The highest BCUT2D eigenvalue weighted by Crippen LogP contribution is 2.33. The lowest BCUT2D eigenvalue weighted by molar-refractivity contribution is -0.129. The van der Waals surface area contributed by atoms with Crippen LogP contribution in [0.25, 0.3) is 0 Å². The molecule has 9 heavy (non-hydrogen) atoms. The molecule has 0 aromatic carbocycles. The van der Waals surface area contributed by atoms with E-state index in [1.54, 1.807) is 0 Å². The van der Waals surface area contributed by atoms with Gasteiger partial charge in [0.15, 0.2) is 16.3 Å². The number of halogens is 1. The summed E-state index contributed by atoms with van der Waals surface area (Å²) in [6, 6.07) is 0. The van der Waals surface area contributed by atoms with Crippen molar-refractivity contribution < 1.29 is 23.0 Å². The number of carbonyl (C=O) groups excluding carboxylic acids is 1. The van der Waals surface area contributed by atoms with E-state index >= 15 is 0 Å². The van der Waals surface area contributed by atoms with E-state index < -0.39 is 19.7 Å². The molecule has 0 atom stereocenters. The van der Waals surface area contributed by atoms with Crippen LogP contribution in [0.3, 0.4) is 0 Å². The minimum Gasteiger partial charge on any atom is -0.383 e. The highest BCUT2D eigenvalue weighted by atomic mass is 79.9. The molecule has 0 saturated heterocycles. The third kappa shape index (κ3) is 5.98. The van der Waals surface area contributed by atoms with E-state index in [2.05, 4.69) is 20.1 Å². The van der Waals surface area contributed by atoms with Gasteiger partial charge >= 0.3 is 13.6 Å². The molecular formula is C2H4BrO5P. The molecule has 0 saturated carbocycles. The number of carbonyl (C=O) groups is 1. The summed E-state index contributed by atoms with van der Waals surface area (Å²) in [6.45, 7) is 0. The second kappa shape index (κ2) is 3.31. The van der Waals surface area contributed by atoms with Crippen molar-refractivity contribution in [1.29, 1.82) is 0 Å². The van der Waals surface area contributed by atoms with Crippen molar-refractivity contribution in [2.75, 3.05) is 6.16 Å². The van der Waals surface area contributed by atoms with Crippen molar-refractivity contribution in [3.8, 4) is 0 Å². The van der Waals surface area contributed by atoms with Crippen LogP contribution in [-0.2, 0) is 13.2 Å². The van der Waals surface area contributed by atoms with E-state index in [1.807, 2.05) is 0 Å². The van der Waals surface area contributed by atoms with Crippen LogP contribution in [0, 0.1) is 0 Å². The van der Waals surface area contributed by atoms with Gasteiger partial charge in [-0.25, -0.2) is 0 Å².